The maximum absolute atomic E-state index is 14.8. The fourth-order valence-corrected chi connectivity index (χ4v) is 7.05. The highest BCUT2D eigenvalue weighted by molar-refractivity contribution is 8.20. The standard InChI is InChI=1S/C21H16FN5OS/c22-14-3-1-2-13-11(6-23)9-29(20(13)14)12-4-15-19-17(5-12)28-18-8-24-7-16(18)27-21(19)26-10-25-15/h1-3,5,7-9,12,15,25-26,29H,4,10H2. The number of hydrogen-bond acceptors (Lipinski definition) is 6. The lowest BCUT2D eigenvalue weighted by Crippen LogP contribution is -2.47. The van der Waals surface area contributed by atoms with E-state index in [1.54, 1.807) is 18.5 Å². The highest BCUT2D eigenvalue weighted by atomic mass is 32.2. The number of thiol groups is 1. The Bertz CT molecular complexity index is 1190. The molecule has 0 saturated carbocycles. The quantitative estimate of drug-likeness (QED) is 0.628. The van der Waals surface area contributed by atoms with Gasteiger partial charge >= 0.3 is 0 Å². The number of rotatable bonds is 1. The molecule has 0 spiro atoms. The molecule has 0 amide bonds. The minimum Gasteiger partial charge on any atom is -0.453 e. The van der Waals surface area contributed by atoms with Crippen LogP contribution in [-0.4, -0.2) is 29.9 Å². The van der Waals surface area contributed by atoms with E-state index in [1.807, 2.05) is 11.5 Å². The number of nitrogens with zero attached hydrogens (tertiary/aromatic N) is 3. The number of hydrogen-bond donors (Lipinski definition) is 3. The Morgan fingerprint density at radius 2 is 2.24 bits per heavy atom. The molecule has 0 radical (unpaired) electrons. The first-order valence-corrected chi connectivity index (χ1v) is 10.8. The Morgan fingerprint density at radius 3 is 3.14 bits per heavy atom. The molecule has 1 aromatic carbocycles. The summed E-state index contributed by atoms with van der Waals surface area (Å²) in [5.74, 6) is 1.90. The Balaban J connectivity index is 1.47. The van der Waals surface area contributed by atoms with Crippen LogP contribution in [0.25, 0.3) is 5.57 Å². The van der Waals surface area contributed by atoms with Crippen LogP contribution in [0.1, 0.15) is 12.0 Å². The zero-order valence-electron chi connectivity index (χ0n) is 15.2. The van der Waals surface area contributed by atoms with Gasteiger partial charge in [0, 0.05) is 21.8 Å². The summed E-state index contributed by atoms with van der Waals surface area (Å²) in [6.45, 7) is 0.596. The van der Waals surface area contributed by atoms with Gasteiger partial charge in [-0.15, -0.1) is 0 Å². The summed E-state index contributed by atoms with van der Waals surface area (Å²) in [7, 11) is -1.01. The van der Waals surface area contributed by atoms with Crippen LogP contribution in [0, 0.1) is 17.1 Å². The molecule has 0 aromatic heterocycles. The average molecular weight is 405 g/mol. The third-order valence-electron chi connectivity index (χ3n) is 5.67. The monoisotopic (exact) mass is 405 g/mol. The molecule has 6 rings (SSSR count). The van der Waals surface area contributed by atoms with Crippen molar-refractivity contribution in [3.05, 3.63) is 70.2 Å². The van der Waals surface area contributed by atoms with Gasteiger partial charge in [-0.2, -0.15) is 16.2 Å². The second kappa shape index (κ2) is 6.17. The number of nitriles is 1. The van der Waals surface area contributed by atoms with Gasteiger partial charge in [0.05, 0.1) is 30.2 Å². The fourth-order valence-electron chi connectivity index (χ4n) is 4.39. The number of allylic oxidation sites excluding steroid dienone is 2. The largest absolute Gasteiger partial charge is 0.453 e. The summed E-state index contributed by atoms with van der Waals surface area (Å²) < 4.78 is 21.0. The van der Waals surface area contributed by atoms with Gasteiger partial charge in [-0.05, 0) is 24.0 Å². The summed E-state index contributed by atoms with van der Waals surface area (Å²) >= 11 is 0. The molecule has 5 aliphatic rings. The number of ether oxygens (including phenoxy) is 1. The molecule has 2 N–H and O–H groups in total. The second-order valence-electron chi connectivity index (χ2n) is 7.27. The van der Waals surface area contributed by atoms with Gasteiger partial charge in [-0.3, -0.25) is 10.3 Å². The number of fused-ring (bicyclic) bond motifs is 2. The summed E-state index contributed by atoms with van der Waals surface area (Å²) in [5.41, 5.74) is 2.97. The number of aliphatic imine (C=N–C) groups is 2. The molecule has 1 aliphatic carbocycles. The highest BCUT2D eigenvalue weighted by Gasteiger charge is 2.39. The van der Waals surface area contributed by atoms with Gasteiger partial charge in [0.15, 0.2) is 5.76 Å². The Labute approximate surface area is 169 Å². The Morgan fingerprint density at radius 1 is 1.31 bits per heavy atom. The van der Waals surface area contributed by atoms with E-state index in [0.717, 1.165) is 29.1 Å². The van der Waals surface area contributed by atoms with E-state index in [-0.39, 0.29) is 17.1 Å². The van der Waals surface area contributed by atoms with E-state index in [0.29, 0.717) is 28.6 Å². The molecular formula is C21H16FN5OS. The lowest BCUT2D eigenvalue weighted by Gasteiger charge is -2.37. The Kier molecular flexibility index (Phi) is 3.57. The molecule has 29 heavy (non-hydrogen) atoms. The van der Waals surface area contributed by atoms with Crippen molar-refractivity contribution in [2.75, 3.05) is 6.67 Å². The van der Waals surface area contributed by atoms with Crippen LogP contribution in [0.3, 0.4) is 0 Å². The SMILES string of the molecule is N#CC1=C[SH](C2C=C3OC4=CN=CC4=NC4=C3C(C2)NCN4)c2c(F)cccc21. The van der Waals surface area contributed by atoms with E-state index in [4.69, 9.17) is 9.73 Å². The highest BCUT2D eigenvalue weighted by Crippen LogP contribution is 2.56. The normalized spacial score (nSPS) is 29.7. The van der Waals surface area contributed by atoms with Gasteiger partial charge in [0.25, 0.3) is 0 Å². The predicted molar refractivity (Wildman–Crippen MR) is 111 cm³/mol. The molecule has 0 bridgehead atoms. The first kappa shape index (κ1) is 16.8. The van der Waals surface area contributed by atoms with Crippen LogP contribution in [0.15, 0.2) is 73.7 Å². The van der Waals surface area contributed by atoms with E-state index in [9.17, 15) is 9.65 Å². The first-order chi connectivity index (χ1) is 14.2. The summed E-state index contributed by atoms with van der Waals surface area (Å²) in [6, 6.07) is 7.27. The van der Waals surface area contributed by atoms with E-state index in [2.05, 4.69) is 27.8 Å². The van der Waals surface area contributed by atoms with Gasteiger partial charge < -0.3 is 10.1 Å². The molecule has 0 saturated heterocycles. The van der Waals surface area contributed by atoms with E-state index >= 15 is 0 Å². The van der Waals surface area contributed by atoms with Crippen LogP contribution >= 0.6 is 10.9 Å². The van der Waals surface area contributed by atoms with Crippen molar-refractivity contribution in [1.82, 2.24) is 10.6 Å². The molecule has 4 heterocycles. The predicted octanol–water partition coefficient (Wildman–Crippen LogP) is 2.85. The number of halogens is 1. The minimum absolute atomic E-state index is 0.0478. The van der Waals surface area contributed by atoms with Crippen molar-refractivity contribution in [1.29, 1.82) is 5.26 Å². The number of nitrogens with one attached hydrogen (secondary N) is 2. The van der Waals surface area contributed by atoms with Crippen LogP contribution in [0.4, 0.5) is 4.39 Å². The van der Waals surface area contributed by atoms with Crippen molar-refractivity contribution in [3.8, 4) is 6.07 Å². The molecule has 3 unspecified atom stereocenters. The van der Waals surface area contributed by atoms with E-state index < -0.39 is 10.9 Å². The van der Waals surface area contributed by atoms with Crippen LogP contribution in [0.5, 0.6) is 0 Å². The fraction of sp³-hybridized carbons (Fsp3) is 0.190. The molecule has 8 heteroatoms. The molecule has 144 valence electrons. The number of benzene rings is 1. The third kappa shape index (κ3) is 2.44. The van der Waals surface area contributed by atoms with Crippen LogP contribution in [0.2, 0.25) is 0 Å². The van der Waals surface area contributed by atoms with Crippen molar-refractivity contribution in [3.63, 3.8) is 0 Å². The molecule has 1 aromatic rings. The van der Waals surface area contributed by atoms with Crippen LogP contribution in [-0.2, 0) is 4.74 Å². The van der Waals surface area contributed by atoms with Gasteiger partial charge in [0.2, 0.25) is 0 Å². The lowest BCUT2D eigenvalue weighted by molar-refractivity contribution is 0.314. The van der Waals surface area contributed by atoms with Crippen LogP contribution < -0.4 is 10.6 Å². The van der Waals surface area contributed by atoms with Gasteiger partial charge in [0.1, 0.15) is 29.2 Å². The first-order valence-electron chi connectivity index (χ1n) is 9.36. The zero-order chi connectivity index (χ0) is 19.5. The molecule has 4 aliphatic heterocycles. The van der Waals surface area contributed by atoms with Gasteiger partial charge in [-0.1, -0.05) is 12.1 Å². The van der Waals surface area contributed by atoms with Crippen molar-refractivity contribution < 1.29 is 9.13 Å². The van der Waals surface area contributed by atoms with Gasteiger partial charge in [-0.25, -0.2) is 9.38 Å². The van der Waals surface area contributed by atoms with Crippen molar-refractivity contribution in [2.45, 2.75) is 22.6 Å². The average Bonchev–Trinajstić information content (AvgIpc) is 3.29. The minimum atomic E-state index is -1.01. The smallest absolute Gasteiger partial charge is 0.172 e. The van der Waals surface area contributed by atoms with E-state index in [1.165, 1.54) is 6.07 Å². The second-order valence-corrected chi connectivity index (χ2v) is 9.46. The summed E-state index contributed by atoms with van der Waals surface area (Å²) in [5, 5.41) is 18.3. The summed E-state index contributed by atoms with van der Waals surface area (Å²) in [4.78, 5) is 9.50. The topological polar surface area (TPSA) is 81.8 Å². The Hall–Kier alpha value is -3.15. The molecular weight excluding hydrogens is 389 g/mol. The maximum atomic E-state index is 14.8. The molecule has 0 fully saturated rings. The summed E-state index contributed by atoms with van der Waals surface area (Å²) in [6.07, 6.45) is 6.22. The molecule has 6 nitrogen and oxygen atoms in total. The van der Waals surface area contributed by atoms with Crippen molar-refractivity contribution in [2.24, 2.45) is 9.98 Å². The third-order valence-corrected chi connectivity index (χ3v) is 8.25. The lowest BCUT2D eigenvalue weighted by atomic mass is 9.92. The molecule has 3 atom stereocenters. The zero-order valence-corrected chi connectivity index (χ0v) is 16.1. The van der Waals surface area contributed by atoms with Crippen molar-refractivity contribution >= 4 is 28.4 Å². The maximum Gasteiger partial charge on any atom is 0.172 e.